The minimum atomic E-state index is 0.689. The Morgan fingerprint density at radius 3 is 2.72 bits per heavy atom. The van der Waals surface area contributed by atoms with Crippen molar-refractivity contribution in [2.45, 2.75) is 71.9 Å². The van der Waals surface area contributed by atoms with Gasteiger partial charge in [-0.25, -0.2) is 4.98 Å². The number of nitrogens with one attached hydrogen (secondary N) is 1. The van der Waals surface area contributed by atoms with Gasteiger partial charge in [0.05, 0.1) is 0 Å². The molecular weight excluding hydrogens is 222 g/mol. The van der Waals surface area contributed by atoms with Crippen molar-refractivity contribution in [3.63, 3.8) is 0 Å². The second-order valence-electron chi connectivity index (χ2n) is 4.97. The number of aromatic nitrogens is 2. The summed E-state index contributed by atoms with van der Waals surface area (Å²) >= 11 is 0. The second kappa shape index (κ2) is 9.15. The maximum absolute atomic E-state index is 4.47. The van der Waals surface area contributed by atoms with Gasteiger partial charge in [0.25, 0.3) is 0 Å². The summed E-state index contributed by atoms with van der Waals surface area (Å²) in [5.41, 5.74) is 0. The van der Waals surface area contributed by atoms with Crippen LogP contribution in [0, 0.1) is 0 Å². The summed E-state index contributed by atoms with van der Waals surface area (Å²) in [6, 6.07) is 0.689. The van der Waals surface area contributed by atoms with E-state index in [0.29, 0.717) is 6.04 Å². The van der Waals surface area contributed by atoms with E-state index in [-0.39, 0.29) is 0 Å². The van der Waals surface area contributed by atoms with E-state index >= 15 is 0 Å². The SMILES string of the molecule is CCCC(CCCc1nccn1CCC)NCC. The van der Waals surface area contributed by atoms with Gasteiger partial charge in [-0.3, -0.25) is 0 Å². The van der Waals surface area contributed by atoms with Crippen LogP contribution in [0.15, 0.2) is 12.4 Å². The predicted molar refractivity (Wildman–Crippen MR) is 77.8 cm³/mol. The van der Waals surface area contributed by atoms with Gasteiger partial charge in [0, 0.05) is 31.4 Å². The molecular formula is C15H29N3. The molecule has 1 rings (SSSR count). The molecule has 0 saturated carbocycles. The first-order chi connectivity index (χ1) is 8.81. The maximum atomic E-state index is 4.47. The Labute approximate surface area is 112 Å². The van der Waals surface area contributed by atoms with Gasteiger partial charge in [-0.1, -0.05) is 27.2 Å². The molecule has 0 aromatic carbocycles. The Hall–Kier alpha value is -0.830. The highest BCUT2D eigenvalue weighted by Gasteiger charge is 2.07. The summed E-state index contributed by atoms with van der Waals surface area (Å²) in [5, 5.41) is 3.58. The Kier molecular flexibility index (Phi) is 7.74. The highest BCUT2D eigenvalue weighted by Crippen LogP contribution is 2.09. The van der Waals surface area contributed by atoms with Crippen molar-refractivity contribution < 1.29 is 0 Å². The molecule has 1 N–H and O–H groups in total. The maximum Gasteiger partial charge on any atom is 0.108 e. The Bertz CT molecular complexity index is 300. The number of aryl methyl sites for hydroxylation is 2. The second-order valence-corrected chi connectivity index (χ2v) is 4.97. The van der Waals surface area contributed by atoms with Crippen molar-refractivity contribution in [3.05, 3.63) is 18.2 Å². The lowest BCUT2D eigenvalue weighted by atomic mass is 10.0. The summed E-state index contributed by atoms with van der Waals surface area (Å²) in [7, 11) is 0. The number of hydrogen-bond acceptors (Lipinski definition) is 2. The van der Waals surface area contributed by atoms with Gasteiger partial charge in [0.15, 0.2) is 0 Å². The molecule has 0 saturated heterocycles. The van der Waals surface area contributed by atoms with Crippen LogP contribution in [0.1, 0.15) is 58.7 Å². The van der Waals surface area contributed by atoms with E-state index in [1.165, 1.54) is 37.9 Å². The van der Waals surface area contributed by atoms with Crippen LogP contribution in [0.4, 0.5) is 0 Å². The molecule has 3 nitrogen and oxygen atoms in total. The van der Waals surface area contributed by atoms with Crippen molar-refractivity contribution >= 4 is 0 Å². The molecule has 0 aliphatic carbocycles. The average molecular weight is 251 g/mol. The van der Waals surface area contributed by atoms with Crippen molar-refractivity contribution in [3.8, 4) is 0 Å². The van der Waals surface area contributed by atoms with Crippen LogP contribution in [0.2, 0.25) is 0 Å². The quantitative estimate of drug-likeness (QED) is 0.691. The number of rotatable bonds is 10. The molecule has 0 aliphatic rings. The predicted octanol–water partition coefficient (Wildman–Crippen LogP) is 3.39. The Morgan fingerprint density at radius 2 is 2.06 bits per heavy atom. The van der Waals surface area contributed by atoms with Gasteiger partial charge in [-0.05, 0) is 32.2 Å². The summed E-state index contributed by atoms with van der Waals surface area (Å²) in [6.07, 6.45) is 11.4. The van der Waals surface area contributed by atoms with E-state index in [1.807, 2.05) is 6.20 Å². The van der Waals surface area contributed by atoms with E-state index in [4.69, 9.17) is 0 Å². The first-order valence-corrected chi connectivity index (χ1v) is 7.55. The minimum absolute atomic E-state index is 0.689. The van der Waals surface area contributed by atoms with Gasteiger partial charge in [-0.2, -0.15) is 0 Å². The molecule has 1 aromatic heterocycles. The molecule has 0 spiro atoms. The number of imidazole rings is 1. The first kappa shape index (κ1) is 15.2. The van der Waals surface area contributed by atoms with Gasteiger partial charge < -0.3 is 9.88 Å². The molecule has 1 aromatic rings. The van der Waals surface area contributed by atoms with E-state index in [9.17, 15) is 0 Å². The van der Waals surface area contributed by atoms with Crippen LogP contribution in [0.5, 0.6) is 0 Å². The van der Waals surface area contributed by atoms with Crippen molar-refractivity contribution in [2.24, 2.45) is 0 Å². The van der Waals surface area contributed by atoms with Crippen LogP contribution in [-0.2, 0) is 13.0 Å². The molecule has 0 amide bonds. The van der Waals surface area contributed by atoms with Gasteiger partial charge >= 0.3 is 0 Å². The van der Waals surface area contributed by atoms with Gasteiger partial charge in [0.1, 0.15) is 5.82 Å². The van der Waals surface area contributed by atoms with E-state index in [2.05, 4.69) is 41.8 Å². The normalized spacial score (nSPS) is 12.8. The van der Waals surface area contributed by atoms with Crippen LogP contribution in [-0.4, -0.2) is 22.1 Å². The zero-order valence-electron chi connectivity index (χ0n) is 12.3. The smallest absolute Gasteiger partial charge is 0.108 e. The number of hydrogen-bond donors (Lipinski definition) is 1. The zero-order chi connectivity index (χ0) is 13.2. The molecule has 18 heavy (non-hydrogen) atoms. The monoisotopic (exact) mass is 251 g/mol. The molecule has 1 atom stereocenters. The zero-order valence-corrected chi connectivity index (χ0v) is 12.3. The minimum Gasteiger partial charge on any atom is -0.335 e. The lowest BCUT2D eigenvalue weighted by Gasteiger charge is -2.16. The van der Waals surface area contributed by atoms with Crippen LogP contribution < -0.4 is 5.32 Å². The molecule has 0 aliphatic heterocycles. The Morgan fingerprint density at radius 1 is 1.22 bits per heavy atom. The lowest BCUT2D eigenvalue weighted by molar-refractivity contribution is 0.443. The summed E-state index contributed by atoms with van der Waals surface area (Å²) in [4.78, 5) is 4.47. The van der Waals surface area contributed by atoms with E-state index in [1.54, 1.807) is 0 Å². The molecule has 1 heterocycles. The van der Waals surface area contributed by atoms with Crippen molar-refractivity contribution in [1.82, 2.24) is 14.9 Å². The highest BCUT2D eigenvalue weighted by atomic mass is 15.1. The largest absolute Gasteiger partial charge is 0.335 e. The van der Waals surface area contributed by atoms with E-state index in [0.717, 1.165) is 19.5 Å². The van der Waals surface area contributed by atoms with Crippen LogP contribution in [0.3, 0.4) is 0 Å². The molecule has 0 bridgehead atoms. The molecule has 0 fully saturated rings. The third-order valence-electron chi connectivity index (χ3n) is 3.35. The van der Waals surface area contributed by atoms with Crippen molar-refractivity contribution in [2.75, 3.05) is 6.54 Å². The topological polar surface area (TPSA) is 29.9 Å². The molecule has 1 unspecified atom stereocenters. The average Bonchev–Trinajstić information content (AvgIpc) is 2.78. The summed E-state index contributed by atoms with van der Waals surface area (Å²) in [5.74, 6) is 1.25. The first-order valence-electron chi connectivity index (χ1n) is 7.55. The molecule has 104 valence electrons. The van der Waals surface area contributed by atoms with Crippen LogP contribution in [0.25, 0.3) is 0 Å². The standard InChI is InChI=1S/C15H29N3/c1-4-8-14(16-6-3)9-7-10-15-17-11-13-18(15)12-5-2/h11,13-14,16H,4-10,12H2,1-3H3. The van der Waals surface area contributed by atoms with Gasteiger partial charge in [-0.15, -0.1) is 0 Å². The van der Waals surface area contributed by atoms with E-state index < -0.39 is 0 Å². The third-order valence-corrected chi connectivity index (χ3v) is 3.35. The fraction of sp³-hybridized carbons (Fsp3) is 0.800. The summed E-state index contributed by atoms with van der Waals surface area (Å²) < 4.78 is 2.29. The molecule has 0 radical (unpaired) electrons. The molecule has 3 heteroatoms. The lowest BCUT2D eigenvalue weighted by Crippen LogP contribution is -2.28. The Balaban J connectivity index is 2.32. The fourth-order valence-electron chi connectivity index (χ4n) is 2.50. The highest BCUT2D eigenvalue weighted by molar-refractivity contribution is 4.92. The van der Waals surface area contributed by atoms with Gasteiger partial charge in [0.2, 0.25) is 0 Å². The van der Waals surface area contributed by atoms with Crippen molar-refractivity contribution in [1.29, 1.82) is 0 Å². The third kappa shape index (κ3) is 5.21. The number of nitrogens with zero attached hydrogens (tertiary/aromatic N) is 2. The summed E-state index contributed by atoms with van der Waals surface area (Å²) in [6.45, 7) is 8.84. The van der Waals surface area contributed by atoms with Crippen LogP contribution >= 0.6 is 0 Å². The fourth-order valence-corrected chi connectivity index (χ4v) is 2.50.